The first kappa shape index (κ1) is 16.0. The number of thiophene rings is 1. The van der Waals surface area contributed by atoms with E-state index in [1.165, 1.54) is 11.8 Å². The number of aliphatic carboxylic acids is 1. The van der Waals surface area contributed by atoms with Gasteiger partial charge in [0, 0.05) is 10.3 Å². The number of thioether (sulfide) groups is 1. The summed E-state index contributed by atoms with van der Waals surface area (Å²) in [5.74, 6) is -0.137. The molecule has 0 fully saturated rings. The number of carboxylic acid groups (broad SMARTS) is 1. The highest BCUT2D eigenvalue weighted by atomic mass is 32.2. The molecular formula is C17H16N2O2S2. The van der Waals surface area contributed by atoms with Crippen LogP contribution in [0.3, 0.4) is 0 Å². The van der Waals surface area contributed by atoms with Gasteiger partial charge in [-0.25, -0.2) is 9.97 Å². The Bertz CT molecular complexity index is 846. The molecule has 0 spiro atoms. The first-order valence-corrected chi connectivity index (χ1v) is 9.01. The molecule has 0 aliphatic rings. The van der Waals surface area contributed by atoms with Crippen molar-refractivity contribution in [2.45, 2.75) is 30.5 Å². The number of hydrogen-bond acceptors (Lipinski definition) is 5. The number of hydrogen-bond donors (Lipinski definition) is 1. The van der Waals surface area contributed by atoms with Crippen LogP contribution < -0.4 is 0 Å². The van der Waals surface area contributed by atoms with Crippen molar-refractivity contribution < 1.29 is 9.90 Å². The molecule has 3 aromatic rings. The molecule has 1 aromatic carbocycles. The van der Waals surface area contributed by atoms with Crippen molar-refractivity contribution in [3.63, 3.8) is 0 Å². The third-order valence-electron chi connectivity index (χ3n) is 3.43. The number of benzene rings is 1. The molecule has 1 N–H and O–H groups in total. The normalized spacial score (nSPS) is 12.4. The molecule has 0 saturated heterocycles. The van der Waals surface area contributed by atoms with E-state index in [0.29, 0.717) is 12.2 Å². The maximum Gasteiger partial charge on any atom is 0.317 e. The molecule has 23 heavy (non-hydrogen) atoms. The minimum Gasteiger partial charge on any atom is -0.480 e. The van der Waals surface area contributed by atoms with Crippen molar-refractivity contribution in [2.75, 3.05) is 0 Å². The zero-order chi connectivity index (χ0) is 16.4. The van der Waals surface area contributed by atoms with Crippen molar-refractivity contribution in [3.8, 4) is 10.4 Å². The number of nitrogens with zero attached hydrogens (tertiary/aromatic N) is 2. The fraction of sp³-hybridized carbons (Fsp3) is 0.235. The molecule has 0 radical (unpaired) electrons. The predicted octanol–water partition coefficient (Wildman–Crippen LogP) is 4.62. The standard InChI is InChI=1S/C17H16N2O2S2/c1-3-13(17(20)21)22-15-12-9-14(11-7-5-4-6-8-11)23-16(12)19-10(2)18-15/h4-9,13H,3H2,1-2H3,(H,20,21). The second-order valence-corrected chi connectivity index (χ2v) is 7.35. The number of carboxylic acids is 1. The molecular weight excluding hydrogens is 328 g/mol. The Morgan fingerprint density at radius 2 is 2.04 bits per heavy atom. The van der Waals surface area contributed by atoms with E-state index in [4.69, 9.17) is 0 Å². The maximum absolute atomic E-state index is 11.3. The van der Waals surface area contributed by atoms with Crippen LogP contribution >= 0.6 is 23.1 Å². The Kier molecular flexibility index (Phi) is 4.63. The lowest BCUT2D eigenvalue weighted by atomic mass is 10.2. The second kappa shape index (κ2) is 6.68. The first-order chi connectivity index (χ1) is 11.1. The van der Waals surface area contributed by atoms with Crippen LogP contribution in [-0.4, -0.2) is 26.3 Å². The van der Waals surface area contributed by atoms with Gasteiger partial charge in [-0.2, -0.15) is 0 Å². The number of aryl methyl sites for hydroxylation is 1. The largest absolute Gasteiger partial charge is 0.480 e. The van der Waals surface area contributed by atoms with Crippen LogP contribution in [0.25, 0.3) is 20.7 Å². The van der Waals surface area contributed by atoms with Crippen molar-refractivity contribution in [2.24, 2.45) is 0 Å². The molecule has 0 saturated carbocycles. The van der Waals surface area contributed by atoms with E-state index in [1.807, 2.05) is 32.0 Å². The quantitative estimate of drug-likeness (QED) is 0.540. The van der Waals surface area contributed by atoms with Gasteiger partial charge in [0.15, 0.2) is 0 Å². The van der Waals surface area contributed by atoms with Crippen LogP contribution in [0.4, 0.5) is 0 Å². The average Bonchev–Trinajstić information content (AvgIpc) is 2.96. The van der Waals surface area contributed by atoms with Gasteiger partial charge in [-0.05, 0) is 25.0 Å². The molecule has 4 nitrogen and oxygen atoms in total. The highest BCUT2D eigenvalue weighted by Gasteiger charge is 2.20. The van der Waals surface area contributed by atoms with Gasteiger partial charge in [0.25, 0.3) is 0 Å². The molecule has 6 heteroatoms. The van der Waals surface area contributed by atoms with E-state index in [9.17, 15) is 9.90 Å². The van der Waals surface area contributed by atoms with Gasteiger partial charge in [-0.3, -0.25) is 4.79 Å². The Labute approximate surface area is 142 Å². The van der Waals surface area contributed by atoms with Crippen LogP contribution in [0, 0.1) is 6.92 Å². The van der Waals surface area contributed by atoms with Crippen molar-refractivity contribution in [3.05, 3.63) is 42.2 Å². The summed E-state index contributed by atoms with van der Waals surface area (Å²) < 4.78 is 0. The minimum atomic E-state index is -0.805. The van der Waals surface area contributed by atoms with Gasteiger partial charge in [-0.15, -0.1) is 11.3 Å². The highest BCUT2D eigenvalue weighted by Crippen LogP contribution is 2.38. The van der Waals surface area contributed by atoms with Crippen LogP contribution in [0.5, 0.6) is 0 Å². The molecule has 2 heterocycles. The van der Waals surface area contributed by atoms with Gasteiger partial charge >= 0.3 is 5.97 Å². The average molecular weight is 344 g/mol. The second-order valence-electron chi connectivity index (χ2n) is 5.12. The predicted molar refractivity (Wildman–Crippen MR) is 95.2 cm³/mol. The summed E-state index contributed by atoms with van der Waals surface area (Å²) in [5, 5.41) is 10.5. The highest BCUT2D eigenvalue weighted by molar-refractivity contribution is 8.00. The molecule has 0 amide bonds. The summed E-state index contributed by atoms with van der Waals surface area (Å²) in [5.41, 5.74) is 1.13. The zero-order valence-corrected chi connectivity index (χ0v) is 14.4. The molecule has 118 valence electrons. The fourth-order valence-electron chi connectivity index (χ4n) is 2.27. The smallest absolute Gasteiger partial charge is 0.317 e. The summed E-state index contributed by atoms with van der Waals surface area (Å²) in [6.07, 6.45) is 0.556. The van der Waals surface area contributed by atoms with E-state index in [1.54, 1.807) is 11.3 Å². The van der Waals surface area contributed by atoms with Gasteiger partial charge in [0.2, 0.25) is 0 Å². The molecule has 0 aliphatic heterocycles. The van der Waals surface area contributed by atoms with Crippen LogP contribution in [0.2, 0.25) is 0 Å². The summed E-state index contributed by atoms with van der Waals surface area (Å²) in [4.78, 5) is 22.3. The Morgan fingerprint density at radius 3 is 2.70 bits per heavy atom. The van der Waals surface area contributed by atoms with E-state index in [0.717, 1.165) is 25.7 Å². The van der Waals surface area contributed by atoms with Crippen molar-refractivity contribution in [1.29, 1.82) is 0 Å². The molecule has 3 rings (SSSR count). The summed E-state index contributed by atoms with van der Waals surface area (Å²) in [7, 11) is 0. The monoisotopic (exact) mass is 344 g/mol. The van der Waals surface area contributed by atoms with Crippen LogP contribution in [0.15, 0.2) is 41.4 Å². The Hall–Kier alpha value is -1.92. The Morgan fingerprint density at radius 1 is 1.30 bits per heavy atom. The van der Waals surface area contributed by atoms with Gasteiger partial charge in [-0.1, -0.05) is 49.0 Å². The molecule has 2 aromatic heterocycles. The SMILES string of the molecule is CCC(Sc1nc(C)nc2sc(-c3ccccc3)cc12)C(=O)O. The van der Waals surface area contributed by atoms with Crippen LogP contribution in [0.1, 0.15) is 19.2 Å². The van der Waals surface area contributed by atoms with E-state index < -0.39 is 11.2 Å². The minimum absolute atomic E-state index is 0.493. The van der Waals surface area contributed by atoms with E-state index in [2.05, 4.69) is 28.2 Å². The number of carbonyl (C=O) groups is 1. The van der Waals surface area contributed by atoms with Gasteiger partial charge in [0.1, 0.15) is 20.9 Å². The van der Waals surface area contributed by atoms with E-state index in [-0.39, 0.29) is 0 Å². The molecule has 0 aliphatic carbocycles. The third-order valence-corrected chi connectivity index (χ3v) is 5.86. The molecule has 1 atom stereocenters. The molecule has 0 bridgehead atoms. The van der Waals surface area contributed by atoms with Gasteiger partial charge in [0.05, 0.1) is 0 Å². The summed E-state index contributed by atoms with van der Waals surface area (Å²) >= 11 is 2.91. The van der Waals surface area contributed by atoms with E-state index >= 15 is 0 Å². The first-order valence-electron chi connectivity index (χ1n) is 7.31. The van der Waals surface area contributed by atoms with Crippen LogP contribution in [-0.2, 0) is 4.79 Å². The number of rotatable bonds is 5. The topological polar surface area (TPSA) is 63.1 Å². The van der Waals surface area contributed by atoms with Crippen molar-refractivity contribution >= 4 is 39.3 Å². The number of fused-ring (bicyclic) bond motifs is 1. The summed E-state index contributed by atoms with van der Waals surface area (Å²) in [6, 6.07) is 12.2. The third kappa shape index (κ3) is 3.38. The summed E-state index contributed by atoms with van der Waals surface area (Å²) in [6.45, 7) is 3.72. The maximum atomic E-state index is 11.3. The molecule has 1 unspecified atom stereocenters. The number of aromatic nitrogens is 2. The van der Waals surface area contributed by atoms with Gasteiger partial charge < -0.3 is 5.11 Å². The lowest BCUT2D eigenvalue weighted by molar-refractivity contribution is -0.136. The zero-order valence-electron chi connectivity index (χ0n) is 12.8. The fourth-order valence-corrected chi connectivity index (χ4v) is 4.43. The lowest BCUT2D eigenvalue weighted by Gasteiger charge is -2.09. The van der Waals surface area contributed by atoms with Crippen molar-refractivity contribution in [1.82, 2.24) is 9.97 Å². The Balaban J connectivity index is 2.08. The lowest BCUT2D eigenvalue weighted by Crippen LogP contribution is -2.15.